The Morgan fingerprint density at radius 1 is 1.08 bits per heavy atom. The van der Waals surface area contributed by atoms with Gasteiger partial charge in [-0.3, -0.25) is 0 Å². The number of nitrogens with zero attached hydrogens (tertiary/aromatic N) is 1. The number of halogens is 1. The van der Waals surface area contributed by atoms with Gasteiger partial charge in [0.25, 0.3) is 0 Å². The number of hydrogen-bond acceptors (Lipinski definition) is 4. The maximum Gasteiger partial charge on any atom is 0.144 e. The van der Waals surface area contributed by atoms with Crippen LogP contribution in [0.4, 0.5) is 0 Å². The largest absolute Gasteiger partial charge is 0.392 e. The summed E-state index contributed by atoms with van der Waals surface area (Å²) in [5.41, 5.74) is 4.89. The van der Waals surface area contributed by atoms with Crippen LogP contribution < -0.4 is 5.32 Å². The van der Waals surface area contributed by atoms with Gasteiger partial charge in [0.2, 0.25) is 0 Å². The average molecular weight is 359 g/mol. The van der Waals surface area contributed by atoms with E-state index in [9.17, 15) is 5.11 Å². The molecule has 0 aromatic heterocycles. The van der Waals surface area contributed by atoms with Crippen LogP contribution in [0.15, 0.2) is 47.6 Å². The van der Waals surface area contributed by atoms with Crippen LogP contribution in [0.1, 0.15) is 31.9 Å². The maximum atomic E-state index is 10.0. The molecule has 4 nitrogen and oxygen atoms in total. The zero-order chi connectivity index (χ0) is 18.0. The lowest BCUT2D eigenvalue weighted by Gasteiger charge is -2.22. The first-order valence-corrected chi connectivity index (χ1v) is 8.76. The molecule has 0 aliphatic heterocycles. The van der Waals surface area contributed by atoms with Gasteiger partial charge in [-0.2, -0.15) is 0 Å². The van der Waals surface area contributed by atoms with Crippen LogP contribution in [0.25, 0.3) is 11.1 Å². The molecule has 1 aliphatic carbocycles. The van der Waals surface area contributed by atoms with Crippen molar-refractivity contribution in [3.05, 3.63) is 58.6 Å². The number of aliphatic hydroxyl groups is 1. The summed E-state index contributed by atoms with van der Waals surface area (Å²) in [6.45, 7) is 6.74. The normalized spacial score (nSPS) is 15.8. The fraction of sp³-hybridized carbons (Fsp3) is 0.350. The van der Waals surface area contributed by atoms with Crippen molar-refractivity contribution < 1.29 is 9.94 Å². The highest BCUT2D eigenvalue weighted by Crippen LogP contribution is 2.38. The molecule has 2 aromatic carbocycles. The minimum absolute atomic E-state index is 0.0487. The maximum absolute atomic E-state index is 10.0. The van der Waals surface area contributed by atoms with Gasteiger partial charge in [-0.05, 0) is 44.0 Å². The first-order chi connectivity index (χ1) is 11.8. The van der Waals surface area contributed by atoms with Crippen molar-refractivity contribution in [2.45, 2.75) is 32.4 Å². The zero-order valence-corrected chi connectivity index (χ0v) is 15.5. The number of hydrogen-bond donors (Lipinski definition) is 2. The van der Waals surface area contributed by atoms with Gasteiger partial charge in [0.05, 0.1) is 0 Å². The molecule has 0 heterocycles. The van der Waals surface area contributed by atoms with Crippen molar-refractivity contribution in [1.82, 2.24) is 5.32 Å². The minimum atomic E-state index is -0.626. The Morgan fingerprint density at radius 2 is 1.76 bits per heavy atom. The molecule has 0 saturated carbocycles. The highest BCUT2D eigenvalue weighted by atomic mass is 35.5. The Labute approximate surface area is 153 Å². The summed E-state index contributed by atoms with van der Waals surface area (Å²) in [7, 11) is 0. The first-order valence-electron chi connectivity index (χ1n) is 8.38. The summed E-state index contributed by atoms with van der Waals surface area (Å²) in [6, 6.07) is 13.8. The Morgan fingerprint density at radius 3 is 2.48 bits per heavy atom. The molecule has 0 radical (unpaired) electrons. The number of rotatable bonds is 5. The van der Waals surface area contributed by atoms with Crippen molar-refractivity contribution in [2.75, 3.05) is 13.2 Å². The molecule has 1 atom stereocenters. The van der Waals surface area contributed by atoms with Gasteiger partial charge in [-0.25, -0.2) is 0 Å². The van der Waals surface area contributed by atoms with E-state index < -0.39 is 6.10 Å². The number of aliphatic hydroxyl groups excluding tert-OH is 1. The molecule has 132 valence electrons. The number of fused-ring (bicyclic) bond motifs is 3. The van der Waals surface area contributed by atoms with E-state index in [0.717, 1.165) is 28.0 Å². The lowest BCUT2D eigenvalue weighted by atomic mass is 10.1. The third kappa shape index (κ3) is 4.21. The van der Waals surface area contributed by atoms with Crippen LogP contribution in [-0.4, -0.2) is 35.6 Å². The zero-order valence-electron chi connectivity index (χ0n) is 14.7. The predicted octanol–water partition coefficient (Wildman–Crippen LogP) is 3.84. The van der Waals surface area contributed by atoms with Crippen molar-refractivity contribution in [2.24, 2.45) is 5.16 Å². The fourth-order valence-electron chi connectivity index (χ4n) is 2.79. The number of benzene rings is 2. The van der Waals surface area contributed by atoms with Crippen LogP contribution in [0.5, 0.6) is 0 Å². The van der Waals surface area contributed by atoms with Crippen LogP contribution in [0.2, 0.25) is 5.02 Å². The quantitative estimate of drug-likeness (QED) is 0.681. The van der Waals surface area contributed by atoms with E-state index in [1.807, 2.05) is 36.4 Å². The third-order valence-electron chi connectivity index (χ3n) is 4.00. The molecule has 0 fully saturated rings. The van der Waals surface area contributed by atoms with E-state index >= 15 is 0 Å². The second kappa shape index (κ2) is 7.16. The average Bonchev–Trinajstić information content (AvgIpc) is 2.86. The minimum Gasteiger partial charge on any atom is -0.392 e. The molecule has 0 amide bonds. The summed E-state index contributed by atoms with van der Waals surface area (Å²) in [6.07, 6.45) is -0.626. The summed E-state index contributed by atoms with van der Waals surface area (Å²) in [4.78, 5) is 5.45. The lowest BCUT2D eigenvalue weighted by Crippen LogP contribution is -2.42. The van der Waals surface area contributed by atoms with Crippen LogP contribution in [-0.2, 0) is 4.84 Å². The first kappa shape index (κ1) is 17.9. The van der Waals surface area contributed by atoms with Gasteiger partial charge < -0.3 is 15.3 Å². The number of β-amino-alcohol motifs (C(OH)–C–C–N with tert-alkyl or cyclic N) is 1. The van der Waals surface area contributed by atoms with Crippen LogP contribution in [0, 0.1) is 0 Å². The van der Waals surface area contributed by atoms with E-state index in [0.29, 0.717) is 11.6 Å². The highest BCUT2D eigenvalue weighted by Gasteiger charge is 2.25. The number of nitrogens with one attached hydrogen (secondary N) is 1. The van der Waals surface area contributed by atoms with Gasteiger partial charge in [0, 0.05) is 28.2 Å². The van der Waals surface area contributed by atoms with Crippen molar-refractivity contribution >= 4 is 17.3 Å². The van der Waals surface area contributed by atoms with Gasteiger partial charge in [-0.15, -0.1) is 0 Å². The van der Waals surface area contributed by atoms with Gasteiger partial charge in [0.15, 0.2) is 0 Å². The Hall–Kier alpha value is -1.88. The molecule has 0 spiro atoms. The van der Waals surface area contributed by atoms with E-state index in [1.165, 1.54) is 0 Å². The molecule has 5 heteroatoms. The van der Waals surface area contributed by atoms with Crippen LogP contribution >= 0.6 is 11.6 Å². The van der Waals surface area contributed by atoms with E-state index in [1.54, 1.807) is 0 Å². The SMILES string of the molecule is CC(C)(C)NCC(O)CO/N=C1/c2ccccc2-c2ccc(Cl)cc21. The highest BCUT2D eigenvalue weighted by molar-refractivity contribution is 6.32. The molecule has 0 bridgehead atoms. The summed E-state index contributed by atoms with van der Waals surface area (Å²) >= 11 is 6.16. The van der Waals surface area contributed by atoms with Crippen LogP contribution in [0.3, 0.4) is 0 Å². The number of oxime groups is 1. The predicted molar refractivity (Wildman–Crippen MR) is 102 cm³/mol. The second-order valence-corrected chi connectivity index (χ2v) is 7.69. The smallest absolute Gasteiger partial charge is 0.144 e. The Kier molecular flexibility index (Phi) is 5.13. The Bertz CT molecular complexity index is 797. The molecular formula is C20H23ClN2O2. The fourth-order valence-corrected chi connectivity index (χ4v) is 2.96. The van der Waals surface area contributed by atoms with Gasteiger partial charge in [0.1, 0.15) is 18.4 Å². The van der Waals surface area contributed by atoms with E-state index in [2.05, 4.69) is 37.3 Å². The second-order valence-electron chi connectivity index (χ2n) is 7.26. The molecule has 0 saturated heterocycles. The lowest BCUT2D eigenvalue weighted by molar-refractivity contribution is 0.0374. The molecule has 2 N–H and O–H groups in total. The standard InChI is InChI=1S/C20H23ClN2O2/c1-20(2,3)22-11-14(24)12-25-23-19-17-7-5-4-6-15(17)16-9-8-13(21)10-18(16)19/h4-10,14,22,24H,11-12H2,1-3H3/b23-19-. The summed E-state index contributed by atoms with van der Waals surface area (Å²) in [5.74, 6) is 0. The van der Waals surface area contributed by atoms with Crippen molar-refractivity contribution in [3.8, 4) is 11.1 Å². The molecule has 3 rings (SSSR count). The summed E-state index contributed by atoms with van der Waals surface area (Å²) < 4.78 is 0. The van der Waals surface area contributed by atoms with Gasteiger partial charge >= 0.3 is 0 Å². The Balaban J connectivity index is 1.76. The molecule has 1 unspecified atom stereocenters. The molecular weight excluding hydrogens is 336 g/mol. The third-order valence-corrected chi connectivity index (χ3v) is 4.23. The van der Waals surface area contributed by atoms with E-state index in [4.69, 9.17) is 16.4 Å². The van der Waals surface area contributed by atoms with E-state index in [-0.39, 0.29) is 12.1 Å². The topological polar surface area (TPSA) is 53.8 Å². The van der Waals surface area contributed by atoms with Crippen molar-refractivity contribution in [3.63, 3.8) is 0 Å². The van der Waals surface area contributed by atoms with Gasteiger partial charge in [-0.1, -0.05) is 47.1 Å². The molecule has 25 heavy (non-hydrogen) atoms. The van der Waals surface area contributed by atoms with Crippen molar-refractivity contribution in [1.29, 1.82) is 0 Å². The monoisotopic (exact) mass is 358 g/mol. The summed E-state index contributed by atoms with van der Waals surface area (Å²) in [5, 5.41) is 18.2. The molecule has 2 aromatic rings. The molecule has 1 aliphatic rings.